The number of allylic oxidation sites excluding steroid dienone is 6. The zero-order valence-corrected chi connectivity index (χ0v) is 13.8. The number of rotatable bonds is 11. The van der Waals surface area contributed by atoms with Crippen LogP contribution in [-0.2, 0) is 19.1 Å². The first-order valence-electron chi connectivity index (χ1n) is 8.20. The molecule has 2 aliphatic carbocycles. The van der Waals surface area contributed by atoms with E-state index in [1.54, 1.807) is 0 Å². The number of ether oxygens (including phenoxy) is 2. The zero-order valence-electron chi connectivity index (χ0n) is 13.8. The van der Waals surface area contributed by atoms with Crippen LogP contribution in [0.2, 0.25) is 0 Å². The second kappa shape index (κ2) is 10.6. The molecule has 0 saturated heterocycles. The minimum Gasteiger partial charge on any atom is -0.377 e. The Bertz CT molecular complexity index is 511. The third-order valence-electron chi connectivity index (χ3n) is 3.56. The molecule has 24 heavy (non-hydrogen) atoms. The Morgan fingerprint density at radius 2 is 1.25 bits per heavy atom. The molecule has 0 heterocycles. The smallest absolute Gasteiger partial charge is 0.247 e. The first-order chi connectivity index (χ1) is 11.8. The third-order valence-corrected chi connectivity index (χ3v) is 3.56. The summed E-state index contributed by atoms with van der Waals surface area (Å²) in [5.41, 5.74) is 1.56. The van der Waals surface area contributed by atoms with Gasteiger partial charge in [0.2, 0.25) is 11.8 Å². The topological polar surface area (TPSA) is 76.7 Å². The van der Waals surface area contributed by atoms with Gasteiger partial charge in [-0.15, -0.1) is 0 Å². The van der Waals surface area contributed by atoms with E-state index >= 15 is 0 Å². The number of hydrogen-bond donors (Lipinski definition) is 2. The molecule has 0 aromatic carbocycles. The molecule has 2 rings (SSSR count). The van der Waals surface area contributed by atoms with Gasteiger partial charge in [0.25, 0.3) is 0 Å². The highest BCUT2D eigenvalue weighted by atomic mass is 16.5. The SMILES string of the molecule is O=C(NCCOCCOCCNC(=O)C1=CC=CC1)C1=CC=CC1. The summed E-state index contributed by atoms with van der Waals surface area (Å²) in [7, 11) is 0. The molecule has 0 saturated carbocycles. The van der Waals surface area contributed by atoms with Crippen LogP contribution >= 0.6 is 0 Å². The molecule has 0 spiro atoms. The van der Waals surface area contributed by atoms with E-state index in [1.807, 2.05) is 36.5 Å². The molecular weight excluding hydrogens is 308 g/mol. The summed E-state index contributed by atoms with van der Waals surface area (Å²) in [5, 5.41) is 5.61. The van der Waals surface area contributed by atoms with Crippen molar-refractivity contribution < 1.29 is 19.1 Å². The summed E-state index contributed by atoms with van der Waals surface area (Å²) < 4.78 is 10.8. The Balaban J connectivity index is 1.35. The van der Waals surface area contributed by atoms with Gasteiger partial charge < -0.3 is 20.1 Å². The molecule has 0 fully saturated rings. The van der Waals surface area contributed by atoms with Crippen LogP contribution in [0.15, 0.2) is 47.6 Å². The fraction of sp³-hybridized carbons (Fsp3) is 0.444. The summed E-state index contributed by atoms with van der Waals surface area (Å²) in [4.78, 5) is 23.3. The average molecular weight is 332 g/mol. The highest BCUT2D eigenvalue weighted by molar-refractivity contribution is 5.95. The predicted molar refractivity (Wildman–Crippen MR) is 91.3 cm³/mol. The molecule has 0 radical (unpaired) electrons. The van der Waals surface area contributed by atoms with Gasteiger partial charge in [-0.2, -0.15) is 0 Å². The lowest BCUT2D eigenvalue weighted by atomic mass is 10.2. The number of carbonyl (C=O) groups is 2. The van der Waals surface area contributed by atoms with Crippen molar-refractivity contribution in [2.75, 3.05) is 39.5 Å². The number of nitrogens with one attached hydrogen (secondary N) is 2. The summed E-state index contributed by atoms with van der Waals surface area (Å²) >= 11 is 0. The van der Waals surface area contributed by atoms with Gasteiger partial charge in [0, 0.05) is 24.2 Å². The van der Waals surface area contributed by atoms with E-state index in [9.17, 15) is 9.59 Å². The van der Waals surface area contributed by atoms with Crippen molar-refractivity contribution in [2.24, 2.45) is 0 Å². The maximum Gasteiger partial charge on any atom is 0.247 e. The van der Waals surface area contributed by atoms with E-state index in [1.165, 1.54) is 0 Å². The summed E-state index contributed by atoms with van der Waals surface area (Å²) in [6.45, 7) is 2.79. The Hall–Kier alpha value is -2.18. The van der Waals surface area contributed by atoms with E-state index in [2.05, 4.69) is 10.6 Å². The van der Waals surface area contributed by atoms with Crippen LogP contribution in [0.4, 0.5) is 0 Å². The molecule has 2 N–H and O–H groups in total. The Morgan fingerprint density at radius 3 is 1.62 bits per heavy atom. The van der Waals surface area contributed by atoms with E-state index in [4.69, 9.17) is 9.47 Å². The van der Waals surface area contributed by atoms with Crippen LogP contribution in [0.25, 0.3) is 0 Å². The molecule has 2 aliphatic rings. The minimum atomic E-state index is -0.0387. The fourth-order valence-corrected chi connectivity index (χ4v) is 2.25. The first kappa shape index (κ1) is 18.2. The molecule has 0 aromatic rings. The van der Waals surface area contributed by atoms with Crippen molar-refractivity contribution in [1.82, 2.24) is 10.6 Å². The van der Waals surface area contributed by atoms with Crippen molar-refractivity contribution in [3.8, 4) is 0 Å². The average Bonchev–Trinajstić information content (AvgIpc) is 3.29. The summed E-state index contributed by atoms with van der Waals surface area (Å²) in [5.74, 6) is -0.0775. The third kappa shape index (κ3) is 6.52. The van der Waals surface area contributed by atoms with Crippen LogP contribution in [0.1, 0.15) is 12.8 Å². The van der Waals surface area contributed by atoms with Crippen LogP contribution in [0.5, 0.6) is 0 Å². The molecule has 0 bridgehead atoms. The Labute approximate surface area is 142 Å². The fourth-order valence-electron chi connectivity index (χ4n) is 2.25. The van der Waals surface area contributed by atoms with Crippen molar-refractivity contribution >= 4 is 11.8 Å². The largest absolute Gasteiger partial charge is 0.377 e. The monoisotopic (exact) mass is 332 g/mol. The van der Waals surface area contributed by atoms with Gasteiger partial charge in [-0.3, -0.25) is 9.59 Å². The molecule has 0 aromatic heterocycles. The molecule has 6 heteroatoms. The summed E-state index contributed by atoms with van der Waals surface area (Å²) in [6, 6.07) is 0. The lowest BCUT2D eigenvalue weighted by molar-refractivity contribution is -0.118. The van der Waals surface area contributed by atoms with Crippen molar-refractivity contribution in [2.45, 2.75) is 12.8 Å². The standard InChI is InChI=1S/C18H24N2O4/c21-17(15-5-1-2-6-15)19-9-11-23-13-14-24-12-10-20-18(22)16-7-3-4-8-16/h1-5,7H,6,8-14H2,(H,19,21)(H,20,22). The number of amides is 2. The molecule has 130 valence electrons. The lowest BCUT2D eigenvalue weighted by Gasteiger charge is -2.08. The second-order valence-electron chi connectivity index (χ2n) is 5.38. The van der Waals surface area contributed by atoms with E-state index in [0.29, 0.717) is 52.4 Å². The molecule has 0 unspecified atom stereocenters. The van der Waals surface area contributed by atoms with Gasteiger partial charge in [0.15, 0.2) is 0 Å². The predicted octanol–water partition coefficient (Wildman–Crippen LogP) is 1.02. The Kier molecular flexibility index (Phi) is 8.00. The van der Waals surface area contributed by atoms with Gasteiger partial charge in [-0.25, -0.2) is 0 Å². The Morgan fingerprint density at radius 1 is 0.792 bits per heavy atom. The van der Waals surface area contributed by atoms with Gasteiger partial charge in [0.1, 0.15) is 0 Å². The van der Waals surface area contributed by atoms with Crippen molar-refractivity contribution in [3.63, 3.8) is 0 Å². The summed E-state index contributed by atoms with van der Waals surface area (Å²) in [6.07, 6.45) is 12.7. The normalized spacial score (nSPS) is 15.3. The maximum absolute atomic E-state index is 11.7. The number of hydrogen-bond acceptors (Lipinski definition) is 4. The van der Waals surface area contributed by atoms with Gasteiger partial charge in [-0.1, -0.05) is 36.5 Å². The molecule has 2 amide bonds. The molecule has 6 nitrogen and oxygen atoms in total. The number of carbonyl (C=O) groups excluding carboxylic acids is 2. The second-order valence-corrected chi connectivity index (χ2v) is 5.38. The van der Waals surface area contributed by atoms with Crippen molar-refractivity contribution in [1.29, 1.82) is 0 Å². The van der Waals surface area contributed by atoms with Gasteiger partial charge in [-0.05, 0) is 12.8 Å². The molecular formula is C18H24N2O4. The van der Waals surface area contributed by atoms with Gasteiger partial charge in [0.05, 0.1) is 26.4 Å². The van der Waals surface area contributed by atoms with Crippen molar-refractivity contribution in [3.05, 3.63) is 47.6 Å². The first-order valence-corrected chi connectivity index (χ1v) is 8.20. The van der Waals surface area contributed by atoms with E-state index in [0.717, 1.165) is 11.1 Å². The molecule has 0 atom stereocenters. The lowest BCUT2D eigenvalue weighted by Crippen LogP contribution is -2.29. The highest BCUT2D eigenvalue weighted by Gasteiger charge is 2.09. The van der Waals surface area contributed by atoms with Crippen LogP contribution in [-0.4, -0.2) is 51.3 Å². The molecule has 0 aliphatic heterocycles. The highest BCUT2D eigenvalue weighted by Crippen LogP contribution is 2.10. The maximum atomic E-state index is 11.7. The van der Waals surface area contributed by atoms with Crippen LogP contribution in [0.3, 0.4) is 0 Å². The zero-order chi connectivity index (χ0) is 17.0. The van der Waals surface area contributed by atoms with Crippen LogP contribution < -0.4 is 10.6 Å². The van der Waals surface area contributed by atoms with E-state index in [-0.39, 0.29) is 11.8 Å². The quantitative estimate of drug-likeness (QED) is 0.554. The van der Waals surface area contributed by atoms with Crippen LogP contribution in [0, 0.1) is 0 Å². The van der Waals surface area contributed by atoms with E-state index < -0.39 is 0 Å². The minimum absolute atomic E-state index is 0.0387. The van der Waals surface area contributed by atoms with Gasteiger partial charge >= 0.3 is 0 Å².